The van der Waals surface area contributed by atoms with Gasteiger partial charge in [0.15, 0.2) is 5.88 Å². The normalized spacial score (nSPS) is 10.8. The Morgan fingerprint density at radius 1 is 0.667 bits per heavy atom. The zero-order chi connectivity index (χ0) is 16.2. The van der Waals surface area contributed by atoms with E-state index in [1.807, 2.05) is 24.3 Å². The second-order valence-electron chi connectivity index (χ2n) is 5.89. The van der Waals surface area contributed by atoms with Gasteiger partial charge in [-0.15, -0.1) is 0 Å². The fraction of sp³-hybridized carbons (Fsp3) is 0.0909. The van der Waals surface area contributed by atoms with Crippen molar-refractivity contribution in [3.05, 3.63) is 102 Å². The van der Waals surface area contributed by atoms with E-state index in [4.69, 9.17) is 4.74 Å². The molecule has 0 aliphatic carbocycles. The molecule has 24 heavy (non-hydrogen) atoms. The number of ether oxygens (including phenoxy) is 1. The summed E-state index contributed by atoms with van der Waals surface area (Å²) >= 11 is 0. The molecule has 0 atom stereocenters. The minimum Gasteiger partial charge on any atom is -0.474 e. The summed E-state index contributed by atoms with van der Waals surface area (Å²) in [6, 6.07) is 31.3. The lowest BCUT2D eigenvalue weighted by molar-refractivity contribution is 0.283. The van der Waals surface area contributed by atoms with Crippen LogP contribution in [0.4, 0.5) is 0 Å². The Labute approximate surface area is 141 Å². The van der Waals surface area contributed by atoms with Gasteiger partial charge in [0.05, 0.1) is 12.1 Å². The van der Waals surface area contributed by atoms with Crippen LogP contribution in [-0.2, 0) is 13.2 Å². The minimum absolute atomic E-state index is 0.575. The largest absolute Gasteiger partial charge is 0.474 e. The average molecular weight is 313 g/mol. The van der Waals surface area contributed by atoms with Gasteiger partial charge in [0.2, 0.25) is 0 Å². The molecular formula is C22H19NO. The third-order valence-corrected chi connectivity index (χ3v) is 4.19. The maximum Gasteiger partial charge on any atom is 0.195 e. The van der Waals surface area contributed by atoms with Gasteiger partial charge in [0, 0.05) is 11.5 Å². The Balaban J connectivity index is 1.67. The molecule has 0 saturated heterocycles. The van der Waals surface area contributed by atoms with E-state index in [0.29, 0.717) is 6.61 Å². The first-order valence-corrected chi connectivity index (χ1v) is 8.19. The standard InChI is InChI=1S/C22H19NO/c1-3-9-18(10-4-1)16-23-21-14-8-7-13-20(21)15-22(23)24-17-19-11-5-2-6-12-19/h1-15H,16-17H2. The number of para-hydroxylation sites is 1. The van der Waals surface area contributed by atoms with Crippen LogP contribution in [0.25, 0.3) is 10.9 Å². The fourth-order valence-corrected chi connectivity index (χ4v) is 2.97. The molecule has 1 aromatic heterocycles. The highest BCUT2D eigenvalue weighted by molar-refractivity contribution is 5.82. The van der Waals surface area contributed by atoms with E-state index in [1.165, 1.54) is 22.0 Å². The third-order valence-electron chi connectivity index (χ3n) is 4.19. The van der Waals surface area contributed by atoms with Crippen LogP contribution < -0.4 is 4.74 Å². The van der Waals surface area contributed by atoms with Crippen molar-refractivity contribution in [1.29, 1.82) is 0 Å². The van der Waals surface area contributed by atoms with Crippen LogP contribution >= 0.6 is 0 Å². The average Bonchev–Trinajstić information content (AvgIpc) is 2.99. The SMILES string of the molecule is c1ccc(COc2cc3ccccc3n2Cc2ccccc2)cc1. The molecule has 0 unspecified atom stereocenters. The number of fused-ring (bicyclic) bond motifs is 1. The molecule has 2 nitrogen and oxygen atoms in total. The van der Waals surface area contributed by atoms with E-state index in [9.17, 15) is 0 Å². The third kappa shape index (κ3) is 3.04. The molecule has 0 spiro atoms. The van der Waals surface area contributed by atoms with Gasteiger partial charge in [-0.05, 0) is 17.2 Å². The van der Waals surface area contributed by atoms with Gasteiger partial charge in [-0.2, -0.15) is 0 Å². The molecule has 4 aromatic rings. The van der Waals surface area contributed by atoms with Crippen LogP contribution in [0.1, 0.15) is 11.1 Å². The smallest absolute Gasteiger partial charge is 0.195 e. The van der Waals surface area contributed by atoms with E-state index in [1.54, 1.807) is 0 Å². The van der Waals surface area contributed by atoms with Crippen LogP contribution in [0, 0.1) is 0 Å². The number of benzene rings is 3. The first-order chi connectivity index (χ1) is 11.9. The molecule has 0 aliphatic heterocycles. The van der Waals surface area contributed by atoms with Crippen LogP contribution in [0.2, 0.25) is 0 Å². The lowest BCUT2D eigenvalue weighted by Gasteiger charge is -2.12. The van der Waals surface area contributed by atoms with Crippen molar-refractivity contribution in [2.75, 3.05) is 0 Å². The highest BCUT2D eigenvalue weighted by Gasteiger charge is 2.10. The van der Waals surface area contributed by atoms with Gasteiger partial charge in [0.25, 0.3) is 0 Å². The quantitative estimate of drug-likeness (QED) is 0.489. The number of hydrogen-bond acceptors (Lipinski definition) is 1. The van der Waals surface area contributed by atoms with Crippen molar-refractivity contribution in [2.45, 2.75) is 13.2 Å². The summed E-state index contributed by atoms with van der Waals surface area (Å²) < 4.78 is 8.39. The van der Waals surface area contributed by atoms with Crippen molar-refractivity contribution in [1.82, 2.24) is 4.57 Å². The number of hydrogen-bond donors (Lipinski definition) is 0. The molecule has 0 radical (unpaired) electrons. The molecule has 0 fully saturated rings. The Morgan fingerprint density at radius 3 is 2.04 bits per heavy atom. The predicted molar refractivity (Wildman–Crippen MR) is 98.3 cm³/mol. The second-order valence-corrected chi connectivity index (χ2v) is 5.89. The molecule has 1 heterocycles. The number of aromatic nitrogens is 1. The Hall–Kier alpha value is -3.00. The Bertz CT molecular complexity index is 926. The first kappa shape index (κ1) is 14.6. The van der Waals surface area contributed by atoms with Crippen LogP contribution in [0.15, 0.2) is 91.0 Å². The summed E-state index contributed by atoms with van der Waals surface area (Å²) in [5.41, 5.74) is 3.64. The van der Waals surface area contributed by atoms with Crippen molar-refractivity contribution in [2.24, 2.45) is 0 Å². The zero-order valence-corrected chi connectivity index (χ0v) is 13.4. The van der Waals surface area contributed by atoms with E-state index in [0.717, 1.165) is 12.4 Å². The summed E-state index contributed by atoms with van der Waals surface area (Å²) in [5, 5.41) is 1.21. The predicted octanol–water partition coefficient (Wildman–Crippen LogP) is 5.27. The van der Waals surface area contributed by atoms with Gasteiger partial charge in [-0.25, -0.2) is 0 Å². The number of rotatable bonds is 5. The van der Waals surface area contributed by atoms with E-state index >= 15 is 0 Å². The number of nitrogens with zero attached hydrogens (tertiary/aromatic N) is 1. The van der Waals surface area contributed by atoms with Crippen LogP contribution in [0.5, 0.6) is 5.88 Å². The lowest BCUT2D eigenvalue weighted by Crippen LogP contribution is -2.04. The summed E-state index contributed by atoms with van der Waals surface area (Å²) in [7, 11) is 0. The molecule has 2 heteroatoms. The summed E-state index contributed by atoms with van der Waals surface area (Å²) in [6.07, 6.45) is 0. The molecule has 0 bridgehead atoms. The van der Waals surface area contributed by atoms with Crippen molar-refractivity contribution in [3.63, 3.8) is 0 Å². The molecule has 3 aromatic carbocycles. The lowest BCUT2D eigenvalue weighted by atomic mass is 10.2. The first-order valence-electron chi connectivity index (χ1n) is 8.19. The van der Waals surface area contributed by atoms with E-state index in [2.05, 4.69) is 71.3 Å². The second kappa shape index (κ2) is 6.63. The van der Waals surface area contributed by atoms with Crippen LogP contribution in [0.3, 0.4) is 0 Å². The molecule has 0 N–H and O–H groups in total. The fourth-order valence-electron chi connectivity index (χ4n) is 2.97. The summed E-state index contributed by atoms with van der Waals surface area (Å²) in [5.74, 6) is 0.906. The van der Waals surface area contributed by atoms with Crippen molar-refractivity contribution in [3.8, 4) is 5.88 Å². The topological polar surface area (TPSA) is 14.2 Å². The molecule has 4 rings (SSSR count). The minimum atomic E-state index is 0.575. The highest BCUT2D eigenvalue weighted by atomic mass is 16.5. The maximum absolute atomic E-state index is 6.14. The van der Waals surface area contributed by atoms with Gasteiger partial charge < -0.3 is 9.30 Å². The van der Waals surface area contributed by atoms with Gasteiger partial charge >= 0.3 is 0 Å². The molecule has 0 amide bonds. The van der Waals surface area contributed by atoms with Crippen LogP contribution in [-0.4, -0.2) is 4.57 Å². The molecular weight excluding hydrogens is 294 g/mol. The van der Waals surface area contributed by atoms with E-state index < -0.39 is 0 Å². The zero-order valence-electron chi connectivity index (χ0n) is 13.4. The Kier molecular flexibility index (Phi) is 4.03. The molecule has 0 saturated carbocycles. The molecule has 0 aliphatic rings. The maximum atomic E-state index is 6.14. The van der Waals surface area contributed by atoms with E-state index in [-0.39, 0.29) is 0 Å². The van der Waals surface area contributed by atoms with Crippen molar-refractivity contribution >= 4 is 10.9 Å². The van der Waals surface area contributed by atoms with Crippen molar-refractivity contribution < 1.29 is 4.74 Å². The summed E-state index contributed by atoms with van der Waals surface area (Å²) in [4.78, 5) is 0. The molecule has 118 valence electrons. The van der Waals surface area contributed by atoms with Gasteiger partial charge in [0.1, 0.15) is 6.61 Å². The summed E-state index contributed by atoms with van der Waals surface area (Å²) in [6.45, 7) is 1.38. The van der Waals surface area contributed by atoms with Gasteiger partial charge in [-0.3, -0.25) is 0 Å². The highest BCUT2D eigenvalue weighted by Crippen LogP contribution is 2.27. The Morgan fingerprint density at radius 2 is 1.29 bits per heavy atom. The monoisotopic (exact) mass is 313 g/mol. The van der Waals surface area contributed by atoms with Gasteiger partial charge in [-0.1, -0.05) is 78.9 Å².